The van der Waals surface area contributed by atoms with Crippen LogP contribution in [-0.2, 0) is 12.8 Å². The number of nitrogens with two attached hydrogens (primary N) is 2. The van der Waals surface area contributed by atoms with Crippen LogP contribution >= 0.6 is 0 Å². The fourth-order valence-corrected chi connectivity index (χ4v) is 3.05. The predicted octanol–water partition coefficient (Wildman–Crippen LogP) is 2.92. The Morgan fingerprint density at radius 1 is 1.04 bits per heavy atom. The average Bonchev–Trinajstić information content (AvgIpc) is 2.77. The fraction of sp³-hybridized carbons (Fsp3) is 0.263. The van der Waals surface area contributed by atoms with Crippen LogP contribution in [0.3, 0.4) is 0 Å². The van der Waals surface area contributed by atoms with Gasteiger partial charge in [0.2, 0.25) is 0 Å². The average molecular weight is 342 g/mol. The fourth-order valence-electron chi connectivity index (χ4n) is 3.05. The summed E-state index contributed by atoms with van der Waals surface area (Å²) in [5.74, 6) is -0.483. The number of carbonyl (C=O) groups excluding carboxylic acids is 1. The molecule has 0 spiro atoms. The zero-order valence-electron chi connectivity index (χ0n) is 13.2. The Labute approximate surface area is 147 Å². The first-order valence-corrected chi connectivity index (χ1v) is 7.80. The predicted molar refractivity (Wildman–Crippen MR) is 98.8 cm³/mol. The highest BCUT2D eigenvalue weighted by Gasteiger charge is 2.20. The van der Waals surface area contributed by atoms with E-state index in [0.717, 1.165) is 17.5 Å². The van der Waals surface area contributed by atoms with Gasteiger partial charge in [0.15, 0.2) is 5.96 Å². The number of fused-ring (bicyclic) bond motifs is 1. The molecule has 5 nitrogen and oxygen atoms in total. The molecular weight excluding hydrogens is 319 g/mol. The molecule has 0 atom stereocenters. The molecule has 0 unspecified atom stereocenters. The second-order valence-corrected chi connectivity index (χ2v) is 5.76. The summed E-state index contributed by atoms with van der Waals surface area (Å²) >= 11 is 0. The quantitative estimate of drug-likeness (QED) is 0.617. The molecule has 0 bridgehead atoms. The first-order chi connectivity index (χ1) is 11.5. The standard InChI is InChI=1S/C18H19FN4O.CH4/c19-14-6-4-13(5-7-14)15-3-1-2-12-8-10-23(11-9-16(12)15)18(24)22-17(20)21;/h1-7H,8-11H2,(H4,20,21,22,24);1H4. The van der Waals surface area contributed by atoms with Crippen LogP contribution < -0.4 is 11.5 Å². The number of nitrogens with zero attached hydrogens (tertiary/aromatic N) is 2. The Morgan fingerprint density at radius 3 is 2.40 bits per heavy atom. The Bertz CT molecular complexity index is 783. The zero-order chi connectivity index (χ0) is 17.1. The first kappa shape index (κ1) is 18.4. The van der Waals surface area contributed by atoms with Crippen molar-refractivity contribution in [1.29, 1.82) is 0 Å². The molecule has 1 aliphatic rings. The van der Waals surface area contributed by atoms with Gasteiger partial charge in [0, 0.05) is 13.1 Å². The van der Waals surface area contributed by atoms with Gasteiger partial charge in [0.25, 0.3) is 0 Å². The van der Waals surface area contributed by atoms with E-state index < -0.39 is 6.03 Å². The van der Waals surface area contributed by atoms with E-state index in [9.17, 15) is 9.18 Å². The Kier molecular flexibility index (Phi) is 5.75. The number of guanidine groups is 1. The summed E-state index contributed by atoms with van der Waals surface area (Å²) in [6.07, 6.45) is 1.44. The Morgan fingerprint density at radius 2 is 1.72 bits per heavy atom. The molecule has 2 aromatic carbocycles. The van der Waals surface area contributed by atoms with Crippen LogP contribution in [0.25, 0.3) is 11.1 Å². The molecule has 0 fully saturated rings. The van der Waals surface area contributed by atoms with Gasteiger partial charge in [-0.2, -0.15) is 4.99 Å². The van der Waals surface area contributed by atoms with E-state index in [4.69, 9.17) is 11.5 Å². The molecular formula is C19H23FN4O. The third kappa shape index (κ3) is 4.15. The lowest BCUT2D eigenvalue weighted by Crippen LogP contribution is -2.34. The normalized spacial score (nSPS) is 13.2. The molecule has 1 heterocycles. The lowest BCUT2D eigenvalue weighted by atomic mass is 9.93. The van der Waals surface area contributed by atoms with Gasteiger partial charge in [0.1, 0.15) is 5.82 Å². The zero-order valence-corrected chi connectivity index (χ0v) is 13.2. The molecule has 0 saturated heterocycles. The monoisotopic (exact) mass is 342 g/mol. The van der Waals surface area contributed by atoms with Crippen molar-refractivity contribution in [3.63, 3.8) is 0 Å². The van der Waals surface area contributed by atoms with Gasteiger partial charge in [0.05, 0.1) is 0 Å². The van der Waals surface area contributed by atoms with Crippen LogP contribution in [-0.4, -0.2) is 30.0 Å². The number of urea groups is 1. The van der Waals surface area contributed by atoms with Crippen molar-refractivity contribution in [3.05, 3.63) is 59.4 Å². The number of amides is 2. The molecule has 0 saturated carbocycles. The summed E-state index contributed by atoms with van der Waals surface area (Å²) in [7, 11) is 0. The van der Waals surface area contributed by atoms with E-state index >= 15 is 0 Å². The third-order valence-corrected chi connectivity index (χ3v) is 4.21. The van der Waals surface area contributed by atoms with E-state index in [2.05, 4.69) is 11.1 Å². The second kappa shape index (κ2) is 7.79. The topological polar surface area (TPSA) is 84.7 Å². The van der Waals surface area contributed by atoms with E-state index in [0.29, 0.717) is 19.5 Å². The Balaban J connectivity index is 0.00000225. The van der Waals surface area contributed by atoms with E-state index in [1.807, 2.05) is 12.1 Å². The largest absolute Gasteiger partial charge is 0.370 e. The summed E-state index contributed by atoms with van der Waals surface area (Å²) in [4.78, 5) is 17.3. The molecule has 4 N–H and O–H groups in total. The van der Waals surface area contributed by atoms with Gasteiger partial charge in [-0.3, -0.25) is 0 Å². The molecule has 6 heteroatoms. The maximum Gasteiger partial charge on any atom is 0.346 e. The lowest BCUT2D eigenvalue weighted by molar-refractivity contribution is 0.210. The minimum Gasteiger partial charge on any atom is -0.370 e. The smallest absolute Gasteiger partial charge is 0.346 e. The van der Waals surface area contributed by atoms with Gasteiger partial charge >= 0.3 is 6.03 Å². The Hall–Kier alpha value is -2.89. The number of aliphatic imine (C=N–C) groups is 1. The molecule has 2 aromatic rings. The van der Waals surface area contributed by atoms with Crippen molar-refractivity contribution in [1.82, 2.24) is 4.90 Å². The molecule has 25 heavy (non-hydrogen) atoms. The summed E-state index contributed by atoms with van der Waals surface area (Å²) in [5.41, 5.74) is 15.0. The summed E-state index contributed by atoms with van der Waals surface area (Å²) < 4.78 is 13.2. The summed E-state index contributed by atoms with van der Waals surface area (Å²) in [5, 5.41) is 0. The SMILES string of the molecule is C.NC(N)=NC(=O)N1CCc2cccc(-c3ccc(F)cc3)c2CC1. The molecule has 3 rings (SSSR count). The summed E-state index contributed by atoms with van der Waals surface area (Å²) in [6, 6.07) is 12.1. The number of hydrogen-bond acceptors (Lipinski definition) is 1. The molecule has 0 radical (unpaired) electrons. The molecule has 1 aliphatic heterocycles. The first-order valence-electron chi connectivity index (χ1n) is 7.80. The van der Waals surface area contributed by atoms with E-state index in [1.165, 1.54) is 23.3 Å². The number of hydrogen-bond donors (Lipinski definition) is 2. The minimum atomic E-state index is -0.411. The number of rotatable bonds is 1. The number of halogens is 1. The van der Waals surface area contributed by atoms with E-state index in [-0.39, 0.29) is 19.2 Å². The van der Waals surface area contributed by atoms with Crippen LogP contribution in [0.5, 0.6) is 0 Å². The minimum absolute atomic E-state index is 0. The van der Waals surface area contributed by atoms with Gasteiger partial charge in [-0.05, 0) is 47.2 Å². The molecule has 0 aromatic heterocycles. The van der Waals surface area contributed by atoms with Crippen LogP contribution in [0.1, 0.15) is 18.6 Å². The van der Waals surface area contributed by atoms with Crippen LogP contribution in [0, 0.1) is 5.82 Å². The molecule has 0 aliphatic carbocycles. The van der Waals surface area contributed by atoms with Gasteiger partial charge in [-0.15, -0.1) is 0 Å². The van der Waals surface area contributed by atoms with Crippen molar-refractivity contribution < 1.29 is 9.18 Å². The molecule has 2 amide bonds. The third-order valence-electron chi connectivity index (χ3n) is 4.21. The summed E-state index contributed by atoms with van der Waals surface area (Å²) in [6.45, 7) is 1.11. The lowest BCUT2D eigenvalue weighted by Gasteiger charge is -2.17. The van der Waals surface area contributed by atoms with Crippen molar-refractivity contribution >= 4 is 12.0 Å². The number of carbonyl (C=O) groups is 1. The van der Waals surface area contributed by atoms with Crippen molar-refractivity contribution in [2.45, 2.75) is 20.3 Å². The van der Waals surface area contributed by atoms with Crippen LogP contribution in [0.15, 0.2) is 47.5 Å². The molecule has 132 valence electrons. The highest BCUT2D eigenvalue weighted by Crippen LogP contribution is 2.29. The maximum atomic E-state index is 13.2. The highest BCUT2D eigenvalue weighted by atomic mass is 19.1. The van der Waals surface area contributed by atoms with Crippen molar-refractivity contribution in [2.75, 3.05) is 13.1 Å². The van der Waals surface area contributed by atoms with Crippen LogP contribution in [0.4, 0.5) is 9.18 Å². The van der Waals surface area contributed by atoms with Crippen molar-refractivity contribution in [2.24, 2.45) is 16.5 Å². The maximum absolute atomic E-state index is 13.2. The van der Waals surface area contributed by atoms with Gasteiger partial charge in [-0.1, -0.05) is 37.8 Å². The van der Waals surface area contributed by atoms with E-state index in [1.54, 1.807) is 17.0 Å². The van der Waals surface area contributed by atoms with Crippen LogP contribution in [0.2, 0.25) is 0 Å². The van der Waals surface area contributed by atoms with Gasteiger partial charge < -0.3 is 16.4 Å². The number of benzene rings is 2. The van der Waals surface area contributed by atoms with Gasteiger partial charge in [-0.25, -0.2) is 9.18 Å². The second-order valence-electron chi connectivity index (χ2n) is 5.76. The van der Waals surface area contributed by atoms with Crippen molar-refractivity contribution in [3.8, 4) is 11.1 Å². The highest BCUT2D eigenvalue weighted by molar-refractivity contribution is 5.90.